The van der Waals surface area contributed by atoms with Crippen molar-refractivity contribution in [3.8, 4) is 0 Å². The quantitative estimate of drug-likeness (QED) is 0.577. The van der Waals surface area contributed by atoms with Crippen LogP contribution in [0.3, 0.4) is 0 Å². The summed E-state index contributed by atoms with van der Waals surface area (Å²) in [4.78, 5) is 24.7. The second kappa shape index (κ2) is 10.6. The predicted octanol–water partition coefficient (Wildman–Crippen LogP) is 2.35. The number of methoxy groups -OCH3 is 1. The number of fused-ring (bicyclic) bond motifs is 3. The number of aromatic amines is 1. The third kappa shape index (κ3) is 6.08. The van der Waals surface area contributed by atoms with E-state index in [1.807, 2.05) is 4.90 Å². The van der Waals surface area contributed by atoms with E-state index in [0.29, 0.717) is 51.2 Å². The molecule has 2 heterocycles. The highest BCUT2D eigenvalue weighted by Crippen LogP contribution is 2.33. The van der Waals surface area contributed by atoms with E-state index < -0.39 is 6.10 Å². The zero-order valence-electron chi connectivity index (χ0n) is 17.7. The van der Waals surface area contributed by atoms with Gasteiger partial charge in [-0.25, -0.2) is 4.98 Å². The average molecular weight is 424 g/mol. The molecule has 0 aliphatic heterocycles. The Morgan fingerprint density at radius 3 is 2.83 bits per heavy atom. The van der Waals surface area contributed by atoms with Gasteiger partial charge in [-0.3, -0.25) is 9.69 Å². The lowest BCUT2D eigenvalue weighted by atomic mass is 9.97. The number of hydrogen-bond donors (Lipinski definition) is 2. The van der Waals surface area contributed by atoms with Gasteiger partial charge in [0.05, 0.1) is 31.2 Å². The first-order valence-corrected chi connectivity index (χ1v) is 11.3. The van der Waals surface area contributed by atoms with Crippen molar-refractivity contribution in [1.29, 1.82) is 0 Å². The Bertz CT molecular complexity index is 848. The van der Waals surface area contributed by atoms with Gasteiger partial charge in [0.2, 0.25) is 0 Å². The molecule has 0 saturated heterocycles. The number of hydrogen-bond acceptors (Lipinski definition) is 7. The van der Waals surface area contributed by atoms with Gasteiger partial charge in [-0.05, 0) is 37.2 Å². The summed E-state index contributed by atoms with van der Waals surface area (Å²) < 4.78 is 10.8. The van der Waals surface area contributed by atoms with Crippen LogP contribution in [-0.2, 0) is 28.9 Å². The second-order valence-electron chi connectivity index (χ2n) is 8.22. The van der Waals surface area contributed by atoms with Crippen LogP contribution < -0.4 is 5.56 Å². The highest BCUT2D eigenvalue weighted by molar-refractivity contribution is 7.18. The summed E-state index contributed by atoms with van der Waals surface area (Å²) in [5, 5.41) is 11.1. The molecule has 0 unspecified atom stereocenters. The molecule has 1 aliphatic rings. The number of aliphatic hydroxyl groups excluding tert-OH is 1. The molecule has 1 aliphatic carbocycles. The molecular weight excluding hydrogens is 390 g/mol. The molecule has 0 fully saturated rings. The minimum atomic E-state index is -0.602. The maximum Gasteiger partial charge on any atom is 0.259 e. The van der Waals surface area contributed by atoms with Crippen molar-refractivity contribution in [3.05, 3.63) is 26.6 Å². The van der Waals surface area contributed by atoms with Crippen molar-refractivity contribution in [3.63, 3.8) is 0 Å². The van der Waals surface area contributed by atoms with Crippen molar-refractivity contribution in [2.45, 2.75) is 52.2 Å². The van der Waals surface area contributed by atoms with Crippen LogP contribution in [0.2, 0.25) is 0 Å². The van der Waals surface area contributed by atoms with Crippen molar-refractivity contribution in [1.82, 2.24) is 14.9 Å². The van der Waals surface area contributed by atoms with E-state index in [-0.39, 0.29) is 5.56 Å². The summed E-state index contributed by atoms with van der Waals surface area (Å²) in [5.41, 5.74) is 1.16. The highest BCUT2D eigenvalue weighted by Gasteiger charge is 2.21. The molecule has 7 nitrogen and oxygen atoms in total. The van der Waals surface area contributed by atoms with Gasteiger partial charge in [0, 0.05) is 31.7 Å². The molecule has 0 saturated carbocycles. The third-order valence-electron chi connectivity index (χ3n) is 5.09. The number of ether oxygens (including phenoxy) is 2. The van der Waals surface area contributed by atoms with Crippen molar-refractivity contribution >= 4 is 21.6 Å². The standard InChI is InChI=1S/C21H33N3O4S/c1-14(2)12-28-13-15(25)10-24(8-9-27-3)11-18-22-20(26)19-16-6-4-5-7-17(16)29-21(19)23-18/h14-15,25H,4-13H2,1-3H3,(H,22,23,26)/t15-/m1/s1. The Labute approximate surface area is 176 Å². The fraction of sp³-hybridized carbons (Fsp3) is 0.714. The first-order chi connectivity index (χ1) is 14.0. The van der Waals surface area contributed by atoms with E-state index >= 15 is 0 Å². The van der Waals surface area contributed by atoms with Gasteiger partial charge >= 0.3 is 0 Å². The number of rotatable bonds is 11. The first-order valence-electron chi connectivity index (χ1n) is 10.5. The molecular formula is C21H33N3O4S. The zero-order valence-corrected chi connectivity index (χ0v) is 18.5. The summed E-state index contributed by atoms with van der Waals surface area (Å²) in [7, 11) is 1.66. The van der Waals surface area contributed by atoms with Crippen LogP contribution in [-0.4, -0.2) is 66.1 Å². The molecule has 2 aromatic rings. The van der Waals surface area contributed by atoms with E-state index in [9.17, 15) is 9.90 Å². The lowest BCUT2D eigenvalue weighted by Crippen LogP contribution is -2.37. The molecule has 0 aromatic carbocycles. The Morgan fingerprint density at radius 2 is 2.07 bits per heavy atom. The zero-order chi connectivity index (χ0) is 20.8. The van der Waals surface area contributed by atoms with E-state index in [1.54, 1.807) is 18.4 Å². The topological polar surface area (TPSA) is 87.7 Å². The number of thiophene rings is 1. The molecule has 0 amide bonds. The van der Waals surface area contributed by atoms with Gasteiger partial charge in [-0.1, -0.05) is 13.8 Å². The van der Waals surface area contributed by atoms with Crippen LogP contribution in [0.25, 0.3) is 10.2 Å². The number of aromatic nitrogens is 2. The van der Waals surface area contributed by atoms with Crippen molar-refractivity contribution in [2.24, 2.45) is 5.92 Å². The van der Waals surface area contributed by atoms with Gasteiger partial charge in [0.15, 0.2) is 0 Å². The SMILES string of the molecule is COCCN(Cc1nc2sc3c(c2c(=O)[nH]1)CCCC3)C[C@@H](O)COCC(C)C. The molecule has 8 heteroatoms. The van der Waals surface area contributed by atoms with E-state index in [2.05, 4.69) is 18.8 Å². The smallest absolute Gasteiger partial charge is 0.259 e. The van der Waals surface area contributed by atoms with Crippen molar-refractivity contribution in [2.75, 3.05) is 40.0 Å². The lowest BCUT2D eigenvalue weighted by molar-refractivity contribution is 0.00296. The van der Waals surface area contributed by atoms with E-state index in [0.717, 1.165) is 29.5 Å². The Hall–Kier alpha value is -1.32. The van der Waals surface area contributed by atoms with Gasteiger partial charge in [-0.2, -0.15) is 0 Å². The number of aliphatic hydroxyl groups is 1. The van der Waals surface area contributed by atoms with E-state index in [1.165, 1.54) is 16.9 Å². The first kappa shape index (κ1) is 22.4. The number of nitrogens with one attached hydrogen (secondary N) is 1. The summed E-state index contributed by atoms with van der Waals surface area (Å²) >= 11 is 1.66. The second-order valence-corrected chi connectivity index (χ2v) is 9.30. The Balaban J connectivity index is 1.71. The molecule has 29 heavy (non-hydrogen) atoms. The van der Waals surface area contributed by atoms with Gasteiger partial charge in [0.25, 0.3) is 5.56 Å². The highest BCUT2D eigenvalue weighted by atomic mass is 32.1. The minimum Gasteiger partial charge on any atom is -0.389 e. The summed E-state index contributed by atoms with van der Waals surface area (Å²) in [6, 6.07) is 0. The summed E-state index contributed by atoms with van der Waals surface area (Å²) in [5.74, 6) is 1.07. The Kier molecular flexibility index (Phi) is 8.20. The predicted molar refractivity (Wildman–Crippen MR) is 116 cm³/mol. The van der Waals surface area contributed by atoms with Crippen LogP contribution in [0.15, 0.2) is 4.79 Å². The number of nitrogens with zero attached hydrogens (tertiary/aromatic N) is 2. The molecule has 1 atom stereocenters. The number of H-pyrrole nitrogens is 1. The molecule has 3 rings (SSSR count). The molecule has 2 N–H and O–H groups in total. The lowest BCUT2D eigenvalue weighted by Gasteiger charge is -2.24. The fourth-order valence-electron chi connectivity index (χ4n) is 3.74. The van der Waals surface area contributed by atoms with E-state index in [4.69, 9.17) is 14.5 Å². The van der Waals surface area contributed by atoms with Crippen LogP contribution in [0, 0.1) is 5.92 Å². The Morgan fingerprint density at radius 1 is 1.28 bits per heavy atom. The van der Waals surface area contributed by atoms with Gasteiger partial charge < -0.3 is 19.6 Å². The molecule has 0 bridgehead atoms. The van der Waals surface area contributed by atoms with Crippen molar-refractivity contribution < 1.29 is 14.6 Å². The van der Waals surface area contributed by atoms with Crippen LogP contribution in [0.1, 0.15) is 43.0 Å². The van der Waals surface area contributed by atoms with Crippen LogP contribution in [0.4, 0.5) is 0 Å². The monoisotopic (exact) mass is 423 g/mol. The molecule has 0 radical (unpaired) electrons. The normalized spacial score (nSPS) is 15.4. The minimum absolute atomic E-state index is 0.0445. The summed E-state index contributed by atoms with van der Waals surface area (Å²) in [6.45, 7) is 7.16. The van der Waals surface area contributed by atoms with Gasteiger partial charge in [-0.15, -0.1) is 11.3 Å². The van der Waals surface area contributed by atoms with Crippen LogP contribution >= 0.6 is 11.3 Å². The average Bonchev–Trinajstić information content (AvgIpc) is 3.04. The van der Waals surface area contributed by atoms with Crippen LogP contribution in [0.5, 0.6) is 0 Å². The summed E-state index contributed by atoms with van der Waals surface area (Å²) in [6.07, 6.45) is 3.75. The maximum atomic E-state index is 12.8. The third-order valence-corrected chi connectivity index (χ3v) is 6.28. The maximum absolute atomic E-state index is 12.8. The molecule has 162 valence electrons. The molecule has 2 aromatic heterocycles. The number of aryl methyl sites for hydroxylation is 2. The fourth-order valence-corrected chi connectivity index (χ4v) is 5.02. The van der Waals surface area contributed by atoms with Gasteiger partial charge in [0.1, 0.15) is 10.7 Å². The largest absolute Gasteiger partial charge is 0.389 e. The molecule has 0 spiro atoms.